The first-order chi connectivity index (χ1) is 14.1. The Balaban J connectivity index is 1.59. The van der Waals surface area contributed by atoms with Gasteiger partial charge in [-0.15, -0.1) is 0 Å². The van der Waals surface area contributed by atoms with Crippen LogP contribution in [-0.2, 0) is 11.3 Å². The summed E-state index contributed by atoms with van der Waals surface area (Å²) < 4.78 is 13.2. The van der Waals surface area contributed by atoms with Crippen molar-refractivity contribution in [3.8, 4) is 23.1 Å². The average molecular weight is 394 g/mol. The van der Waals surface area contributed by atoms with E-state index in [1.165, 1.54) is 7.11 Å². The largest absolute Gasteiger partial charge is 0.491 e. The van der Waals surface area contributed by atoms with Gasteiger partial charge in [-0.25, -0.2) is 15.0 Å². The number of nitrogens with one attached hydrogen (secondary N) is 1. The minimum absolute atomic E-state index is 0.299. The third-order valence-electron chi connectivity index (χ3n) is 5.38. The summed E-state index contributed by atoms with van der Waals surface area (Å²) in [5.41, 5.74) is 8.90. The van der Waals surface area contributed by atoms with E-state index in [2.05, 4.69) is 19.9 Å². The van der Waals surface area contributed by atoms with Gasteiger partial charge in [0, 0.05) is 30.7 Å². The van der Waals surface area contributed by atoms with Gasteiger partial charge in [0.1, 0.15) is 23.1 Å². The van der Waals surface area contributed by atoms with Gasteiger partial charge in [-0.05, 0) is 31.2 Å². The molecule has 1 fully saturated rings. The van der Waals surface area contributed by atoms with Crippen molar-refractivity contribution in [3.05, 3.63) is 24.5 Å². The zero-order chi connectivity index (χ0) is 20.0. The maximum absolute atomic E-state index is 11.8. The minimum Gasteiger partial charge on any atom is -0.491 e. The summed E-state index contributed by atoms with van der Waals surface area (Å²) in [6, 6.07) is 3.81. The van der Waals surface area contributed by atoms with E-state index < -0.39 is 0 Å². The molecule has 0 saturated heterocycles. The molecule has 5 rings (SSSR count). The molecule has 3 heterocycles. The summed E-state index contributed by atoms with van der Waals surface area (Å²) in [6.07, 6.45) is 6.30. The molecule has 9 nitrogen and oxygen atoms in total. The highest BCUT2D eigenvalue weighted by atomic mass is 16.5. The van der Waals surface area contributed by atoms with Crippen LogP contribution in [0.4, 0.5) is 5.69 Å². The second-order valence-corrected chi connectivity index (χ2v) is 7.45. The third-order valence-corrected chi connectivity index (χ3v) is 5.38. The van der Waals surface area contributed by atoms with Crippen LogP contribution in [0.15, 0.2) is 24.5 Å². The van der Waals surface area contributed by atoms with Gasteiger partial charge in [-0.3, -0.25) is 4.79 Å². The molecular weight excluding hydrogens is 372 g/mol. The zero-order valence-electron chi connectivity index (χ0n) is 16.1. The molecule has 2 aliphatic rings. The fourth-order valence-corrected chi connectivity index (χ4v) is 3.83. The molecule has 150 valence electrons. The molecule has 0 spiro atoms. The molecule has 0 unspecified atom stereocenters. The number of methoxy groups -OCH3 is 1. The Morgan fingerprint density at radius 2 is 2.14 bits per heavy atom. The number of primary amides is 1. The normalized spacial score (nSPS) is 16.7. The molecule has 2 aromatic heterocycles. The van der Waals surface area contributed by atoms with E-state index >= 15 is 0 Å². The Kier molecular flexibility index (Phi) is 4.22. The predicted octanol–water partition coefficient (Wildman–Crippen LogP) is 1.96. The van der Waals surface area contributed by atoms with Crippen molar-refractivity contribution < 1.29 is 14.3 Å². The number of nitrogens with zero attached hydrogens (tertiary/aromatic N) is 4. The van der Waals surface area contributed by atoms with Crippen LogP contribution in [0.5, 0.6) is 11.8 Å². The summed E-state index contributed by atoms with van der Waals surface area (Å²) in [7, 11) is 1.53. The molecule has 1 aromatic carbocycles. The van der Waals surface area contributed by atoms with Crippen molar-refractivity contribution in [1.82, 2.24) is 19.5 Å². The fraction of sp³-hybridized carbons (Fsp3) is 0.400. The van der Waals surface area contributed by atoms with Gasteiger partial charge in [0.25, 0.3) is 0 Å². The first kappa shape index (κ1) is 17.7. The van der Waals surface area contributed by atoms with Crippen LogP contribution in [0.1, 0.15) is 19.3 Å². The highest BCUT2D eigenvalue weighted by Crippen LogP contribution is 2.38. The average Bonchev–Trinajstić information content (AvgIpc) is 3.52. The Morgan fingerprint density at radius 3 is 2.83 bits per heavy atom. The highest BCUT2D eigenvalue weighted by Gasteiger charge is 2.35. The number of imidazole rings is 1. The van der Waals surface area contributed by atoms with E-state index in [0.29, 0.717) is 18.5 Å². The highest BCUT2D eigenvalue weighted by molar-refractivity contribution is 5.91. The summed E-state index contributed by atoms with van der Waals surface area (Å²) in [6.45, 7) is 1.39. The number of rotatable bonds is 6. The summed E-state index contributed by atoms with van der Waals surface area (Å²) in [4.78, 5) is 25.1. The lowest BCUT2D eigenvalue weighted by Gasteiger charge is -2.17. The lowest BCUT2D eigenvalue weighted by atomic mass is 10.1. The molecule has 1 atom stereocenters. The quantitative estimate of drug-likeness (QED) is 0.656. The number of hydrogen-bond donors (Lipinski definition) is 2. The van der Waals surface area contributed by atoms with Gasteiger partial charge >= 0.3 is 6.01 Å². The van der Waals surface area contributed by atoms with Crippen molar-refractivity contribution in [2.75, 3.05) is 19.0 Å². The number of anilines is 1. The molecule has 1 saturated carbocycles. The van der Waals surface area contributed by atoms with Crippen LogP contribution in [0.2, 0.25) is 0 Å². The third kappa shape index (κ3) is 3.22. The van der Waals surface area contributed by atoms with Crippen molar-refractivity contribution in [1.29, 1.82) is 0 Å². The summed E-state index contributed by atoms with van der Waals surface area (Å²) in [5.74, 6) is 1.49. The number of carbonyl (C=O) groups is 1. The number of aryl methyl sites for hydroxylation is 1. The van der Waals surface area contributed by atoms with Crippen molar-refractivity contribution >= 4 is 22.6 Å². The van der Waals surface area contributed by atoms with Crippen molar-refractivity contribution in [3.63, 3.8) is 0 Å². The second kappa shape index (κ2) is 6.91. The Bertz CT molecular complexity index is 1070. The van der Waals surface area contributed by atoms with Crippen molar-refractivity contribution in [2.45, 2.75) is 31.8 Å². The molecule has 29 heavy (non-hydrogen) atoms. The van der Waals surface area contributed by atoms with Gasteiger partial charge < -0.3 is 25.1 Å². The molecular formula is C20H22N6O3. The molecule has 9 heteroatoms. The van der Waals surface area contributed by atoms with Crippen LogP contribution in [0.25, 0.3) is 22.4 Å². The number of carbonyl (C=O) groups excluding carboxylic acids is 1. The van der Waals surface area contributed by atoms with E-state index in [0.717, 1.165) is 59.7 Å². The Hall–Kier alpha value is -3.36. The monoisotopic (exact) mass is 394 g/mol. The number of nitrogens with two attached hydrogens (primary N) is 1. The lowest BCUT2D eigenvalue weighted by Crippen LogP contribution is -2.37. The van der Waals surface area contributed by atoms with E-state index in [4.69, 9.17) is 20.2 Å². The van der Waals surface area contributed by atoms with Crippen LogP contribution in [0, 0.1) is 5.92 Å². The molecule has 1 aliphatic carbocycles. The standard InChI is InChI=1S/C20H22N6O3/c1-28-20-22-9-12(10-23-20)19-25-14-7-13(24-16(18(21)27)11-3-4-11)8-15-17(14)26(19)5-2-6-29-15/h7-11,16,24H,2-6H2,1H3,(H2,21,27)/t16-/m0/s1. The van der Waals surface area contributed by atoms with Gasteiger partial charge in [-0.1, -0.05) is 0 Å². The molecule has 3 aromatic rings. The molecule has 0 radical (unpaired) electrons. The first-order valence-corrected chi connectivity index (χ1v) is 9.73. The van der Waals surface area contributed by atoms with E-state index in [1.54, 1.807) is 12.4 Å². The SMILES string of the molecule is COc1ncc(-c2nc3cc(N[C@H](C(N)=O)C4CC4)cc4c3n2CCCO4)cn1. The first-order valence-electron chi connectivity index (χ1n) is 9.73. The fourth-order valence-electron chi connectivity index (χ4n) is 3.83. The molecule has 0 bridgehead atoms. The molecule has 1 aliphatic heterocycles. The Labute approximate surface area is 167 Å². The summed E-state index contributed by atoms with van der Waals surface area (Å²) in [5, 5.41) is 3.29. The minimum atomic E-state index is -0.373. The van der Waals surface area contributed by atoms with Gasteiger partial charge in [0.15, 0.2) is 0 Å². The number of ether oxygens (including phenoxy) is 2. The second-order valence-electron chi connectivity index (χ2n) is 7.45. The van der Waals surface area contributed by atoms with Gasteiger partial charge in [0.05, 0.1) is 24.8 Å². The van der Waals surface area contributed by atoms with Crippen LogP contribution < -0.4 is 20.5 Å². The maximum Gasteiger partial charge on any atom is 0.316 e. The maximum atomic E-state index is 11.8. The van der Waals surface area contributed by atoms with Crippen LogP contribution in [0.3, 0.4) is 0 Å². The van der Waals surface area contributed by atoms with Gasteiger partial charge in [-0.2, -0.15) is 0 Å². The van der Waals surface area contributed by atoms with E-state index in [-0.39, 0.29) is 11.9 Å². The number of aromatic nitrogens is 4. The predicted molar refractivity (Wildman–Crippen MR) is 107 cm³/mol. The van der Waals surface area contributed by atoms with E-state index in [1.807, 2.05) is 12.1 Å². The Morgan fingerprint density at radius 1 is 1.34 bits per heavy atom. The molecule has 1 amide bonds. The summed E-state index contributed by atoms with van der Waals surface area (Å²) >= 11 is 0. The van der Waals surface area contributed by atoms with Crippen LogP contribution >= 0.6 is 0 Å². The topological polar surface area (TPSA) is 117 Å². The van der Waals surface area contributed by atoms with Crippen molar-refractivity contribution in [2.24, 2.45) is 11.7 Å². The number of benzene rings is 1. The zero-order valence-corrected chi connectivity index (χ0v) is 16.1. The van der Waals surface area contributed by atoms with Gasteiger partial charge in [0.2, 0.25) is 5.91 Å². The molecule has 3 N–H and O–H groups in total. The van der Waals surface area contributed by atoms with Crippen LogP contribution in [-0.4, -0.2) is 45.2 Å². The lowest BCUT2D eigenvalue weighted by molar-refractivity contribution is -0.119. The number of amides is 1. The smallest absolute Gasteiger partial charge is 0.316 e. The number of hydrogen-bond acceptors (Lipinski definition) is 7. The van der Waals surface area contributed by atoms with E-state index in [9.17, 15) is 4.79 Å².